The van der Waals surface area contributed by atoms with Crippen LogP contribution in [0.4, 0.5) is 4.79 Å². The van der Waals surface area contributed by atoms with Gasteiger partial charge >= 0.3 is 6.09 Å². The first kappa shape index (κ1) is 21.3. The smallest absolute Gasteiger partial charge is 0.407 e. The van der Waals surface area contributed by atoms with Gasteiger partial charge in [-0.1, -0.05) is 32.9 Å². The highest BCUT2D eigenvalue weighted by Crippen LogP contribution is 2.23. The number of carbonyl (C=O) groups excluding carboxylic acids is 2. The predicted molar refractivity (Wildman–Crippen MR) is 108 cm³/mol. The third kappa shape index (κ3) is 6.89. The largest absolute Gasteiger partial charge is 0.444 e. The maximum absolute atomic E-state index is 12.6. The van der Waals surface area contributed by atoms with Gasteiger partial charge < -0.3 is 15.4 Å². The number of hydrogen-bond acceptors (Lipinski definition) is 3. The number of rotatable bonds is 3. The van der Waals surface area contributed by atoms with Crippen molar-refractivity contribution in [2.45, 2.75) is 90.3 Å². The summed E-state index contributed by atoms with van der Waals surface area (Å²) in [7, 11) is 0. The Labute approximate surface area is 163 Å². The highest BCUT2D eigenvalue weighted by Gasteiger charge is 2.26. The molecule has 0 radical (unpaired) electrons. The zero-order chi connectivity index (χ0) is 20.2. The number of ether oxygens (including phenoxy) is 1. The van der Waals surface area contributed by atoms with E-state index in [-0.39, 0.29) is 23.4 Å². The van der Waals surface area contributed by atoms with Crippen molar-refractivity contribution in [2.75, 3.05) is 0 Å². The van der Waals surface area contributed by atoms with Gasteiger partial charge in [0.05, 0.1) is 0 Å². The van der Waals surface area contributed by atoms with Crippen LogP contribution in [0.3, 0.4) is 0 Å². The van der Waals surface area contributed by atoms with Gasteiger partial charge in [0.25, 0.3) is 5.91 Å². The topological polar surface area (TPSA) is 67.4 Å². The molecular weight excluding hydrogens is 340 g/mol. The minimum Gasteiger partial charge on any atom is -0.444 e. The molecule has 1 aromatic rings. The second-order valence-electron chi connectivity index (χ2n) is 9.51. The molecule has 5 nitrogen and oxygen atoms in total. The van der Waals surface area contributed by atoms with E-state index < -0.39 is 11.7 Å². The summed E-state index contributed by atoms with van der Waals surface area (Å²) in [4.78, 5) is 24.5. The minimum atomic E-state index is -0.508. The van der Waals surface area contributed by atoms with Gasteiger partial charge in [-0.15, -0.1) is 0 Å². The average molecular weight is 375 g/mol. The van der Waals surface area contributed by atoms with Gasteiger partial charge in [-0.05, 0) is 69.6 Å². The van der Waals surface area contributed by atoms with Gasteiger partial charge in [0.15, 0.2) is 0 Å². The maximum Gasteiger partial charge on any atom is 0.407 e. The fourth-order valence-electron chi connectivity index (χ4n) is 3.32. The Bertz CT molecular complexity index is 654. The molecular formula is C22H34N2O3. The standard InChI is InChI=1S/C22H34N2O3/c1-21(2,3)16-12-10-15(11-13-16)19(25)23-17-8-7-9-18(14-17)24-20(26)27-22(4,5)6/h10-13,17-18H,7-9,14H2,1-6H3,(H,23,25)(H,24,26). The van der Waals surface area contributed by atoms with Crippen LogP contribution in [0.2, 0.25) is 0 Å². The molecule has 2 amide bonds. The lowest BCUT2D eigenvalue weighted by Gasteiger charge is -2.31. The lowest BCUT2D eigenvalue weighted by atomic mass is 9.86. The van der Waals surface area contributed by atoms with Crippen LogP contribution in [0.5, 0.6) is 0 Å². The first-order valence-corrected chi connectivity index (χ1v) is 9.85. The highest BCUT2D eigenvalue weighted by atomic mass is 16.6. The minimum absolute atomic E-state index is 0.0298. The fourth-order valence-corrected chi connectivity index (χ4v) is 3.32. The van der Waals surface area contributed by atoms with Crippen molar-refractivity contribution in [3.05, 3.63) is 35.4 Å². The summed E-state index contributed by atoms with van der Waals surface area (Å²) in [6.07, 6.45) is 3.14. The number of amides is 2. The van der Waals surface area contributed by atoms with E-state index in [1.165, 1.54) is 5.56 Å². The molecule has 2 unspecified atom stereocenters. The molecule has 150 valence electrons. The van der Waals surface area contributed by atoms with Crippen LogP contribution in [-0.2, 0) is 10.2 Å². The number of carbonyl (C=O) groups is 2. The monoisotopic (exact) mass is 374 g/mol. The van der Waals surface area contributed by atoms with E-state index in [2.05, 4.69) is 31.4 Å². The van der Waals surface area contributed by atoms with Gasteiger partial charge in [-0.2, -0.15) is 0 Å². The van der Waals surface area contributed by atoms with E-state index in [0.717, 1.165) is 25.7 Å². The molecule has 0 aliphatic heterocycles. The maximum atomic E-state index is 12.6. The summed E-state index contributed by atoms with van der Waals surface area (Å²) in [5.41, 5.74) is 1.44. The van der Waals surface area contributed by atoms with Gasteiger partial charge in [0.1, 0.15) is 5.60 Å². The Morgan fingerprint density at radius 1 is 0.926 bits per heavy atom. The van der Waals surface area contributed by atoms with Crippen LogP contribution in [-0.4, -0.2) is 29.7 Å². The van der Waals surface area contributed by atoms with Crippen LogP contribution < -0.4 is 10.6 Å². The van der Waals surface area contributed by atoms with Crippen LogP contribution in [0.25, 0.3) is 0 Å². The second kappa shape index (κ2) is 8.32. The third-order valence-electron chi connectivity index (χ3n) is 4.74. The summed E-state index contributed by atoms with van der Waals surface area (Å²) in [6.45, 7) is 12.0. The Balaban J connectivity index is 1.89. The molecule has 0 spiro atoms. The van der Waals surface area contributed by atoms with Crippen LogP contribution in [0, 0.1) is 0 Å². The average Bonchev–Trinajstić information content (AvgIpc) is 2.52. The number of alkyl carbamates (subject to hydrolysis) is 1. The van der Waals surface area contributed by atoms with E-state index in [1.54, 1.807) is 0 Å². The Morgan fingerprint density at radius 3 is 2.00 bits per heavy atom. The molecule has 0 saturated heterocycles. The van der Waals surface area contributed by atoms with Crippen molar-refractivity contribution < 1.29 is 14.3 Å². The van der Waals surface area contributed by atoms with Crippen LogP contribution >= 0.6 is 0 Å². The van der Waals surface area contributed by atoms with E-state index in [9.17, 15) is 9.59 Å². The molecule has 0 aromatic heterocycles. The van der Waals surface area contributed by atoms with Crippen molar-refractivity contribution in [2.24, 2.45) is 0 Å². The third-order valence-corrected chi connectivity index (χ3v) is 4.74. The van der Waals surface area contributed by atoms with E-state index >= 15 is 0 Å². The lowest BCUT2D eigenvalue weighted by Crippen LogP contribution is -2.46. The van der Waals surface area contributed by atoms with Crippen molar-refractivity contribution in [1.82, 2.24) is 10.6 Å². The Hall–Kier alpha value is -2.04. The van der Waals surface area contributed by atoms with E-state index in [0.29, 0.717) is 5.56 Å². The molecule has 1 saturated carbocycles. The van der Waals surface area contributed by atoms with Crippen molar-refractivity contribution >= 4 is 12.0 Å². The van der Waals surface area contributed by atoms with Gasteiger partial charge in [0, 0.05) is 17.6 Å². The number of hydrogen-bond donors (Lipinski definition) is 2. The molecule has 1 aliphatic carbocycles. The molecule has 5 heteroatoms. The van der Waals surface area contributed by atoms with Crippen molar-refractivity contribution in [3.8, 4) is 0 Å². The molecule has 2 atom stereocenters. The first-order chi connectivity index (χ1) is 12.4. The van der Waals surface area contributed by atoms with Gasteiger partial charge in [-0.25, -0.2) is 4.79 Å². The zero-order valence-corrected chi connectivity index (χ0v) is 17.5. The molecule has 1 fully saturated rings. The number of nitrogens with one attached hydrogen (secondary N) is 2. The van der Waals surface area contributed by atoms with E-state index in [4.69, 9.17) is 4.74 Å². The fraction of sp³-hybridized carbons (Fsp3) is 0.636. The molecule has 0 bridgehead atoms. The van der Waals surface area contributed by atoms with E-state index in [1.807, 2.05) is 45.0 Å². The summed E-state index contributed by atoms with van der Waals surface area (Å²) < 4.78 is 5.33. The molecule has 1 aliphatic rings. The van der Waals surface area contributed by atoms with Gasteiger partial charge in [-0.3, -0.25) is 4.79 Å². The van der Waals surface area contributed by atoms with Crippen molar-refractivity contribution in [1.29, 1.82) is 0 Å². The summed E-state index contributed by atoms with van der Waals surface area (Å²) >= 11 is 0. The first-order valence-electron chi connectivity index (χ1n) is 9.85. The summed E-state index contributed by atoms with van der Waals surface area (Å²) in [6, 6.07) is 7.89. The van der Waals surface area contributed by atoms with Gasteiger partial charge in [0.2, 0.25) is 0 Å². The molecule has 27 heavy (non-hydrogen) atoms. The molecule has 1 aromatic carbocycles. The van der Waals surface area contributed by atoms with Crippen molar-refractivity contribution in [3.63, 3.8) is 0 Å². The normalized spacial score (nSPS) is 20.7. The zero-order valence-electron chi connectivity index (χ0n) is 17.5. The Morgan fingerprint density at radius 2 is 1.48 bits per heavy atom. The summed E-state index contributed by atoms with van der Waals surface area (Å²) in [5, 5.41) is 6.04. The lowest BCUT2D eigenvalue weighted by molar-refractivity contribution is 0.0489. The molecule has 2 rings (SSSR count). The molecule has 0 heterocycles. The molecule has 2 N–H and O–H groups in total. The Kier molecular flexibility index (Phi) is 6.55. The van der Waals surface area contributed by atoms with Crippen LogP contribution in [0.15, 0.2) is 24.3 Å². The quantitative estimate of drug-likeness (QED) is 0.815. The summed E-state index contributed by atoms with van der Waals surface area (Å²) in [5.74, 6) is -0.0571. The second-order valence-corrected chi connectivity index (χ2v) is 9.51. The predicted octanol–water partition coefficient (Wildman–Crippen LogP) is 4.55. The van der Waals surface area contributed by atoms with Crippen LogP contribution in [0.1, 0.15) is 83.1 Å². The SMILES string of the molecule is CC(C)(C)OC(=O)NC1CCCC(NC(=O)c2ccc(C(C)(C)C)cc2)C1. The highest BCUT2D eigenvalue weighted by molar-refractivity contribution is 5.94. The number of benzene rings is 1.